The predicted octanol–water partition coefficient (Wildman–Crippen LogP) is 6.03. The number of aryl methyl sites for hydroxylation is 1. The minimum absolute atomic E-state index is 0.0133. The van der Waals surface area contributed by atoms with Gasteiger partial charge in [-0.2, -0.15) is 0 Å². The van der Waals surface area contributed by atoms with Crippen molar-refractivity contribution in [1.82, 2.24) is 14.5 Å². The lowest BCUT2D eigenvalue weighted by atomic mass is 10.1. The lowest BCUT2D eigenvalue weighted by molar-refractivity contribution is -0.115. The molecule has 0 unspecified atom stereocenters. The lowest BCUT2D eigenvalue weighted by Crippen LogP contribution is -2.25. The quantitative estimate of drug-likeness (QED) is 0.250. The van der Waals surface area contributed by atoms with Gasteiger partial charge in [-0.05, 0) is 57.0 Å². The highest BCUT2D eigenvalue weighted by molar-refractivity contribution is 7.98. The summed E-state index contributed by atoms with van der Waals surface area (Å²) in [6.45, 7) is 9.57. The number of rotatable bonds is 6. The fraction of sp³-hybridized carbons (Fsp3) is 0.280. The highest BCUT2D eigenvalue weighted by Crippen LogP contribution is 2.34. The normalized spacial score (nSPS) is 11.3. The topological polar surface area (TPSA) is 68.1 Å². The first kappa shape index (κ1) is 23.2. The zero-order valence-corrected chi connectivity index (χ0v) is 21.0. The number of amides is 1. The Labute approximate surface area is 201 Å². The van der Waals surface area contributed by atoms with Crippen LogP contribution in [0.5, 0.6) is 0 Å². The number of carbonyl (C=O) groups is 1. The van der Waals surface area contributed by atoms with Gasteiger partial charge in [0.1, 0.15) is 0 Å². The Kier molecular flexibility index (Phi) is 6.67. The van der Waals surface area contributed by atoms with Crippen molar-refractivity contribution >= 4 is 50.7 Å². The zero-order chi connectivity index (χ0) is 23.7. The fourth-order valence-corrected chi connectivity index (χ4v) is 5.68. The average Bonchev–Trinajstić information content (AvgIpc) is 3.23. The molecule has 8 heteroatoms. The van der Waals surface area contributed by atoms with Crippen LogP contribution in [0, 0.1) is 13.8 Å². The van der Waals surface area contributed by atoms with Crippen LogP contribution in [0.3, 0.4) is 0 Å². The van der Waals surface area contributed by atoms with Gasteiger partial charge in [0.05, 0.1) is 22.3 Å². The summed E-state index contributed by atoms with van der Waals surface area (Å²) in [6.07, 6.45) is 0. The molecule has 2 aromatic carbocycles. The van der Waals surface area contributed by atoms with E-state index in [0.29, 0.717) is 26.9 Å². The monoisotopic (exact) mass is 478 g/mol. The molecule has 0 atom stereocenters. The van der Waals surface area contributed by atoms with Crippen LogP contribution < -0.4 is 10.5 Å². The number of para-hydroxylation sites is 1. The molecule has 0 spiro atoms. The molecule has 0 N–H and O–H groups in total. The van der Waals surface area contributed by atoms with Crippen LogP contribution >= 0.6 is 23.1 Å². The van der Waals surface area contributed by atoms with Gasteiger partial charge in [0.25, 0.3) is 5.56 Å². The summed E-state index contributed by atoms with van der Waals surface area (Å²) < 4.78 is 1.73. The first-order valence-corrected chi connectivity index (χ1v) is 12.6. The van der Waals surface area contributed by atoms with Crippen molar-refractivity contribution in [2.45, 2.75) is 51.6 Å². The van der Waals surface area contributed by atoms with E-state index < -0.39 is 0 Å². The minimum atomic E-state index is -0.0814. The van der Waals surface area contributed by atoms with E-state index in [1.807, 2.05) is 75.5 Å². The molecule has 2 aromatic heterocycles. The van der Waals surface area contributed by atoms with E-state index in [4.69, 9.17) is 9.97 Å². The number of benzene rings is 2. The summed E-state index contributed by atoms with van der Waals surface area (Å²) in [5.74, 6) is 0.467. The first-order chi connectivity index (χ1) is 15.8. The van der Waals surface area contributed by atoms with Crippen LogP contribution in [0.15, 0.2) is 57.8 Å². The molecule has 0 saturated carbocycles. The molecule has 33 heavy (non-hydrogen) atoms. The van der Waals surface area contributed by atoms with Gasteiger partial charge in [-0.25, -0.2) is 9.97 Å². The van der Waals surface area contributed by atoms with Gasteiger partial charge in [-0.15, -0.1) is 11.3 Å². The predicted molar refractivity (Wildman–Crippen MR) is 137 cm³/mol. The molecule has 6 nitrogen and oxygen atoms in total. The second-order valence-corrected chi connectivity index (χ2v) is 9.94. The van der Waals surface area contributed by atoms with E-state index in [9.17, 15) is 9.59 Å². The number of hydrogen-bond donors (Lipinski definition) is 0. The Hall–Kier alpha value is -2.97. The zero-order valence-electron chi connectivity index (χ0n) is 19.3. The molecule has 4 aromatic rings. The van der Waals surface area contributed by atoms with Crippen molar-refractivity contribution in [2.75, 3.05) is 4.90 Å². The summed E-state index contributed by atoms with van der Waals surface area (Å²) in [5.41, 5.74) is 4.53. The standard InChI is InChI=1S/C25H26N4O2S2/c1-15(2)28-23(31)20-10-6-7-11-21(20)27-25(28)33-14-19-13-32-24(26-19)29(18(5)30)22-12-8-9-16(3)17(22)4/h6-13,15H,14H2,1-5H3. The van der Waals surface area contributed by atoms with Gasteiger partial charge in [0, 0.05) is 24.1 Å². The summed E-state index contributed by atoms with van der Waals surface area (Å²) in [6, 6.07) is 13.3. The van der Waals surface area contributed by atoms with Gasteiger partial charge in [-0.3, -0.25) is 19.1 Å². The molecule has 0 aliphatic carbocycles. The van der Waals surface area contributed by atoms with Crippen molar-refractivity contribution in [3.8, 4) is 0 Å². The van der Waals surface area contributed by atoms with Crippen LogP contribution in [-0.2, 0) is 10.5 Å². The third-order valence-electron chi connectivity index (χ3n) is 5.50. The Bertz CT molecular complexity index is 1390. The van der Waals surface area contributed by atoms with Crippen molar-refractivity contribution in [3.63, 3.8) is 0 Å². The molecular weight excluding hydrogens is 452 g/mol. The van der Waals surface area contributed by atoms with Gasteiger partial charge in [0.2, 0.25) is 5.91 Å². The first-order valence-electron chi connectivity index (χ1n) is 10.7. The van der Waals surface area contributed by atoms with Crippen molar-refractivity contribution in [1.29, 1.82) is 0 Å². The van der Waals surface area contributed by atoms with Crippen molar-refractivity contribution in [2.24, 2.45) is 0 Å². The SMILES string of the molecule is CC(=O)N(c1nc(CSc2nc3ccccc3c(=O)n2C(C)C)cs1)c1cccc(C)c1C. The number of carbonyl (C=O) groups excluding carboxylic acids is 1. The lowest BCUT2D eigenvalue weighted by Gasteiger charge is -2.21. The maximum Gasteiger partial charge on any atom is 0.262 e. The molecule has 0 fully saturated rings. The molecule has 0 saturated heterocycles. The summed E-state index contributed by atoms with van der Waals surface area (Å²) in [4.78, 5) is 36.7. The van der Waals surface area contributed by atoms with Crippen LogP contribution in [-0.4, -0.2) is 20.4 Å². The third kappa shape index (κ3) is 4.58. The maximum absolute atomic E-state index is 13.0. The van der Waals surface area contributed by atoms with Gasteiger partial charge in [0.15, 0.2) is 10.3 Å². The van der Waals surface area contributed by atoms with Crippen molar-refractivity contribution in [3.05, 3.63) is 75.0 Å². The van der Waals surface area contributed by atoms with Crippen LogP contribution in [0.1, 0.15) is 43.6 Å². The number of nitrogens with zero attached hydrogens (tertiary/aromatic N) is 4. The van der Waals surface area contributed by atoms with Gasteiger partial charge >= 0.3 is 0 Å². The summed E-state index contributed by atoms with van der Waals surface area (Å²) in [7, 11) is 0. The van der Waals surface area contributed by atoms with Crippen LogP contribution in [0.25, 0.3) is 10.9 Å². The second kappa shape index (κ2) is 9.49. The van der Waals surface area contributed by atoms with Crippen LogP contribution in [0.2, 0.25) is 0 Å². The largest absolute Gasteiger partial charge is 0.285 e. The smallest absolute Gasteiger partial charge is 0.262 e. The van der Waals surface area contributed by atoms with E-state index >= 15 is 0 Å². The molecule has 0 aliphatic heterocycles. The Morgan fingerprint density at radius 2 is 1.88 bits per heavy atom. The molecule has 4 rings (SSSR count). The van der Waals surface area contributed by atoms with Crippen LogP contribution in [0.4, 0.5) is 10.8 Å². The van der Waals surface area contributed by atoms with E-state index in [-0.39, 0.29) is 17.5 Å². The highest BCUT2D eigenvalue weighted by atomic mass is 32.2. The summed E-state index contributed by atoms with van der Waals surface area (Å²) in [5, 5.41) is 3.89. The molecule has 2 heterocycles. The van der Waals surface area contributed by atoms with Gasteiger partial charge in [-0.1, -0.05) is 36.0 Å². The Balaban J connectivity index is 1.64. The third-order valence-corrected chi connectivity index (χ3v) is 7.36. The number of hydrogen-bond acceptors (Lipinski definition) is 6. The molecule has 0 bridgehead atoms. The molecule has 0 radical (unpaired) electrons. The number of aromatic nitrogens is 3. The molecule has 1 amide bonds. The maximum atomic E-state index is 13.0. The molecule has 0 aliphatic rings. The molecular formula is C25H26N4O2S2. The average molecular weight is 479 g/mol. The highest BCUT2D eigenvalue weighted by Gasteiger charge is 2.21. The number of fused-ring (bicyclic) bond motifs is 1. The molecule has 170 valence electrons. The Morgan fingerprint density at radius 1 is 1.12 bits per heavy atom. The number of anilines is 2. The number of thiazole rings is 1. The van der Waals surface area contributed by atoms with Gasteiger partial charge < -0.3 is 0 Å². The van der Waals surface area contributed by atoms with Crippen molar-refractivity contribution < 1.29 is 4.79 Å². The minimum Gasteiger partial charge on any atom is -0.285 e. The van der Waals surface area contributed by atoms with E-state index in [1.165, 1.54) is 23.1 Å². The fourth-order valence-electron chi connectivity index (χ4n) is 3.67. The Morgan fingerprint density at radius 3 is 2.61 bits per heavy atom. The second-order valence-electron chi connectivity index (χ2n) is 8.16. The van der Waals surface area contributed by atoms with E-state index in [0.717, 1.165) is 22.5 Å². The van der Waals surface area contributed by atoms with E-state index in [1.54, 1.807) is 16.4 Å². The summed E-state index contributed by atoms with van der Waals surface area (Å²) >= 11 is 2.92. The van der Waals surface area contributed by atoms with E-state index in [2.05, 4.69) is 0 Å². The number of thioether (sulfide) groups is 1.